The van der Waals surface area contributed by atoms with Crippen molar-refractivity contribution < 1.29 is 14.3 Å². The maximum Gasteiger partial charge on any atom is 0.323 e. The molecule has 0 aliphatic carbocycles. The molecule has 4 nitrogen and oxygen atoms in total. The molecule has 0 fully saturated rings. The van der Waals surface area contributed by atoms with Gasteiger partial charge < -0.3 is 9.67 Å². The number of imidazole rings is 1. The molecule has 0 spiro atoms. The SMILES string of the molecule is O=C(O)Cn1c(S)nc2ccc(F)cc21. The number of benzene rings is 1. The summed E-state index contributed by atoms with van der Waals surface area (Å²) in [6.07, 6.45) is 0. The molecule has 0 saturated carbocycles. The first kappa shape index (κ1) is 9.97. The largest absolute Gasteiger partial charge is 0.480 e. The molecular weight excluding hydrogens is 219 g/mol. The fourth-order valence-corrected chi connectivity index (χ4v) is 1.66. The standard InChI is InChI=1S/C9H7FN2O2S/c10-5-1-2-6-7(3-5)12(4-8(13)14)9(15)11-6/h1-3H,4H2,(H,11,15)(H,13,14). The zero-order valence-electron chi connectivity index (χ0n) is 7.51. The molecule has 0 saturated heterocycles. The van der Waals surface area contributed by atoms with Crippen LogP contribution in [0.4, 0.5) is 4.39 Å². The van der Waals surface area contributed by atoms with E-state index in [0.29, 0.717) is 11.0 Å². The van der Waals surface area contributed by atoms with Crippen molar-refractivity contribution >= 4 is 29.6 Å². The Morgan fingerprint density at radius 2 is 2.33 bits per heavy atom. The lowest BCUT2D eigenvalue weighted by Crippen LogP contribution is -2.08. The van der Waals surface area contributed by atoms with Gasteiger partial charge in [-0.05, 0) is 18.2 Å². The number of hydrogen-bond donors (Lipinski definition) is 2. The minimum atomic E-state index is -1.02. The highest BCUT2D eigenvalue weighted by molar-refractivity contribution is 7.80. The maximum absolute atomic E-state index is 12.9. The van der Waals surface area contributed by atoms with Crippen LogP contribution in [-0.4, -0.2) is 20.6 Å². The first-order valence-corrected chi connectivity index (χ1v) is 4.59. The van der Waals surface area contributed by atoms with Crippen LogP contribution in [-0.2, 0) is 11.3 Å². The van der Waals surface area contributed by atoms with Gasteiger partial charge in [-0.2, -0.15) is 0 Å². The second-order valence-corrected chi connectivity index (χ2v) is 3.42. The van der Waals surface area contributed by atoms with Crippen molar-refractivity contribution in [1.29, 1.82) is 0 Å². The average Bonchev–Trinajstić information content (AvgIpc) is 2.43. The summed E-state index contributed by atoms with van der Waals surface area (Å²) in [4.78, 5) is 14.6. The van der Waals surface area contributed by atoms with Crippen LogP contribution in [0.2, 0.25) is 0 Å². The molecule has 2 rings (SSSR count). The fourth-order valence-electron chi connectivity index (χ4n) is 1.37. The second kappa shape index (κ2) is 3.54. The quantitative estimate of drug-likeness (QED) is 0.764. The van der Waals surface area contributed by atoms with E-state index in [-0.39, 0.29) is 11.7 Å². The molecule has 1 heterocycles. The van der Waals surface area contributed by atoms with Crippen LogP contribution in [0, 0.1) is 5.82 Å². The first-order valence-electron chi connectivity index (χ1n) is 4.14. The van der Waals surface area contributed by atoms with E-state index in [1.54, 1.807) is 0 Å². The van der Waals surface area contributed by atoms with Crippen LogP contribution in [0.3, 0.4) is 0 Å². The molecule has 0 aliphatic heterocycles. The fraction of sp³-hybridized carbons (Fsp3) is 0.111. The highest BCUT2D eigenvalue weighted by Gasteiger charge is 2.11. The number of aromatic nitrogens is 2. The number of carboxylic acids is 1. The van der Waals surface area contributed by atoms with Gasteiger partial charge in [0, 0.05) is 0 Å². The van der Waals surface area contributed by atoms with Gasteiger partial charge in [0.15, 0.2) is 5.16 Å². The van der Waals surface area contributed by atoms with Crippen molar-refractivity contribution in [3.05, 3.63) is 24.0 Å². The van der Waals surface area contributed by atoms with Gasteiger partial charge in [0.05, 0.1) is 11.0 Å². The maximum atomic E-state index is 12.9. The number of hydrogen-bond acceptors (Lipinski definition) is 3. The predicted octanol–water partition coefficient (Wildman–Crippen LogP) is 1.55. The molecule has 0 aliphatic rings. The van der Waals surface area contributed by atoms with E-state index in [1.807, 2.05) is 0 Å². The van der Waals surface area contributed by atoms with Gasteiger partial charge >= 0.3 is 5.97 Å². The van der Waals surface area contributed by atoms with E-state index in [9.17, 15) is 9.18 Å². The molecule has 6 heteroatoms. The summed E-state index contributed by atoms with van der Waals surface area (Å²) in [5.41, 5.74) is 0.963. The van der Waals surface area contributed by atoms with Crippen molar-refractivity contribution in [3.8, 4) is 0 Å². The van der Waals surface area contributed by atoms with Gasteiger partial charge in [-0.1, -0.05) is 0 Å². The first-order chi connectivity index (χ1) is 7.08. The van der Waals surface area contributed by atoms with Crippen molar-refractivity contribution in [2.24, 2.45) is 0 Å². The number of thiol groups is 1. The van der Waals surface area contributed by atoms with E-state index >= 15 is 0 Å². The van der Waals surface area contributed by atoms with Crippen molar-refractivity contribution in [3.63, 3.8) is 0 Å². The third-order valence-electron chi connectivity index (χ3n) is 1.98. The third kappa shape index (κ3) is 1.80. The molecule has 1 N–H and O–H groups in total. The van der Waals surface area contributed by atoms with E-state index < -0.39 is 11.8 Å². The van der Waals surface area contributed by atoms with Crippen LogP contribution in [0.15, 0.2) is 23.4 Å². The predicted molar refractivity (Wildman–Crippen MR) is 54.6 cm³/mol. The lowest BCUT2D eigenvalue weighted by Gasteiger charge is -2.01. The van der Waals surface area contributed by atoms with Crippen LogP contribution in [0.25, 0.3) is 11.0 Å². The van der Waals surface area contributed by atoms with E-state index in [1.165, 1.54) is 22.8 Å². The number of halogens is 1. The molecule has 2 aromatic rings. The third-order valence-corrected chi connectivity index (χ3v) is 2.32. The summed E-state index contributed by atoms with van der Waals surface area (Å²) >= 11 is 4.03. The number of rotatable bonds is 2. The Labute approximate surface area is 89.8 Å². The topological polar surface area (TPSA) is 55.1 Å². The number of carboxylic acid groups (broad SMARTS) is 1. The van der Waals surface area contributed by atoms with Crippen LogP contribution in [0.1, 0.15) is 0 Å². The summed E-state index contributed by atoms with van der Waals surface area (Å²) in [7, 11) is 0. The van der Waals surface area contributed by atoms with Crippen LogP contribution < -0.4 is 0 Å². The highest BCUT2D eigenvalue weighted by atomic mass is 32.1. The molecular formula is C9H7FN2O2S. The van der Waals surface area contributed by atoms with Crippen LogP contribution in [0.5, 0.6) is 0 Å². The van der Waals surface area contributed by atoms with Gasteiger partial charge in [0.2, 0.25) is 0 Å². The van der Waals surface area contributed by atoms with Crippen molar-refractivity contribution in [2.45, 2.75) is 11.7 Å². The van der Waals surface area contributed by atoms with Crippen LogP contribution >= 0.6 is 12.6 Å². The lowest BCUT2D eigenvalue weighted by atomic mass is 10.3. The zero-order chi connectivity index (χ0) is 11.0. The Balaban J connectivity index is 2.65. The van der Waals surface area contributed by atoms with E-state index in [0.717, 1.165) is 0 Å². The second-order valence-electron chi connectivity index (χ2n) is 3.02. The van der Waals surface area contributed by atoms with E-state index in [4.69, 9.17) is 5.11 Å². The Kier molecular flexibility index (Phi) is 2.36. The van der Waals surface area contributed by atoms with Gasteiger partial charge in [-0.3, -0.25) is 4.79 Å². The van der Waals surface area contributed by atoms with Gasteiger partial charge in [0.1, 0.15) is 12.4 Å². The van der Waals surface area contributed by atoms with Gasteiger partial charge in [-0.25, -0.2) is 9.37 Å². The molecule has 0 bridgehead atoms. The molecule has 1 aromatic carbocycles. The average molecular weight is 226 g/mol. The normalized spacial score (nSPS) is 10.8. The molecule has 15 heavy (non-hydrogen) atoms. The summed E-state index contributed by atoms with van der Waals surface area (Å²) < 4.78 is 14.3. The Morgan fingerprint density at radius 1 is 1.60 bits per heavy atom. The summed E-state index contributed by atoms with van der Waals surface area (Å²) in [6.45, 7) is -0.279. The Hall–Kier alpha value is -1.56. The summed E-state index contributed by atoms with van der Waals surface area (Å²) in [5, 5.41) is 8.92. The molecule has 0 unspecified atom stereocenters. The minimum absolute atomic E-state index is 0.262. The zero-order valence-corrected chi connectivity index (χ0v) is 8.41. The van der Waals surface area contributed by atoms with Gasteiger partial charge in [0.25, 0.3) is 0 Å². The Morgan fingerprint density at radius 3 is 3.00 bits per heavy atom. The summed E-state index contributed by atoms with van der Waals surface area (Å²) in [5.74, 6) is -1.45. The number of fused-ring (bicyclic) bond motifs is 1. The molecule has 0 amide bonds. The smallest absolute Gasteiger partial charge is 0.323 e. The summed E-state index contributed by atoms with van der Waals surface area (Å²) in [6, 6.07) is 4.00. The van der Waals surface area contributed by atoms with E-state index in [2.05, 4.69) is 17.6 Å². The molecule has 78 valence electrons. The monoisotopic (exact) mass is 226 g/mol. The Bertz CT molecular complexity index is 538. The minimum Gasteiger partial charge on any atom is -0.480 e. The van der Waals surface area contributed by atoms with Crippen molar-refractivity contribution in [2.75, 3.05) is 0 Å². The molecule has 1 aromatic heterocycles. The number of aliphatic carboxylic acids is 1. The number of nitrogens with zero attached hydrogens (tertiary/aromatic N) is 2. The number of carbonyl (C=O) groups is 1. The highest BCUT2D eigenvalue weighted by Crippen LogP contribution is 2.19. The molecule has 0 radical (unpaired) electrons. The molecule has 0 atom stereocenters. The van der Waals surface area contributed by atoms with Gasteiger partial charge in [-0.15, -0.1) is 12.6 Å². The van der Waals surface area contributed by atoms with Crippen molar-refractivity contribution in [1.82, 2.24) is 9.55 Å². The lowest BCUT2D eigenvalue weighted by molar-refractivity contribution is -0.137.